The monoisotopic (exact) mass is 398 g/mol. The Bertz CT molecular complexity index is 748. The Hall–Kier alpha value is -2.57. The average molecular weight is 399 g/mol. The Morgan fingerprint density at radius 2 is 1.86 bits per heavy atom. The first-order chi connectivity index (χ1) is 14.3. The van der Waals surface area contributed by atoms with Crippen molar-refractivity contribution in [2.75, 3.05) is 46.6 Å². The first kappa shape index (κ1) is 21.1. The van der Waals surface area contributed by atoms with Crippen molar-refractivity contribution in [3.8, 4) is 11.5 Å². The molecule has 1 amide bonds. The second-order valence-electron chi connectivity index (χ2n) is 7.01. The fourth-order valence-corrected chi connectivity index (χ4v) is 3.43. The van der Waals surface area contributed by atoms with E-state index < -0.39 is 0 Å². The highest BCUT2D eigenvalue weighted by Gasteiger charge is 2.23. The fourth-order valence-electron chi connectivity index (χ4n) is 3.43. The van der Waals surface area contributed by atoms with Crippen LogP contribution in [0.25, 0.3) is 0 Å². The van der Waals surface area contributed by atoms with Gasteiger partial charge in [-0.2, -0.15) is 0 Å². The van der Waals surface area contributed by atoms with E-state index in [0.29, 0.717) is 39.2 Å². The third-order valence-electron chi connectivity index (χ3n) is 5.02. The van der Waals surface area contributed by atoms with Gasteiger partial charge in [-0.3, -0.25) is 9.69 Å². The number of amides is 1. The normalized spacial score (nSPS) is 15.5. The Kier molecular flexibility index (Phi) is 8.34. The molecule has 0 aromatic heterocycles. The molecule has 3 rings (SSSR count). The lowest BCUT2D eigenvalue weighted by Crippen LogP contribution is -2.43. The number of hydrogen-bond acceptors (Lipinski definition) is 5. The predicted octanol–water partition coefficient (Wildman–Crippen LogP) is 3.04. The van der Waals surface area contributed by atoms with E-state index in [4.69, 9.17) is 14.2 Å². The minimum absolute atomic E-state index is 0.0443. The zero-order valence-electron chi connectivity index (χ0n) is 17.0. The molecule has 0 aliphatic carbocycles. The van der Waals surface area contributed by atoms with Gasteiger partial charge >= 0.3 is 0 Å². The highest BCUT2D eigenvalue weighted by molar-refractivity contribution is 5.75. The summed E-state index contributed by atoms with van der Waals surface area (Å²) < 4.78 is 16.5. The summed E-state index contributed by atoms with van der Waals surface area (Å²) in [7, 11) is 1.67. The van der Waals surface area contributed by atoms with Gasteiger partial charge in [0.2, 0.25) is 5.91 Å². The quantitative estimate of drug-likeness (QED) is 0.624. The summed E-state index contributed by atoms with van der Waals surface area (Å²) in [6.45, 7) is 4.22. The van der Waals surface area contributed by atoms with Crippen molar-refractivity contribution in [2.45, 2.75) is 18.9 Å². The van der Waals surface area contributed by atoms with E-state index in [0.717, 1.165) is 30.2 Å². The SMILES string of the molecule is COc1cccc(C(CNC(=O)CCCOc2ccccc2)N2CCOCC2)c1. The van der Waals surface area contributed by atoms with Crippen molar-refractivity contribution >= 4 is 5.91 Å². The maximum absolute atomic E-state index is 12.4. The Balaban J connectivity index is 1.50. The van der Waals surface area contributed by atoms with E-state index in [-0.39, 0.29) is 11.9 Å². The highest BCUT2D eigenvalue weighted by Crippen LogP contribution is 2.24. The summed E-state index contributed by atoms with van der Waals surface area (Å²) in [6.07, 6.45) is 1.13. The van der Waals surface area contributed by atoms with Gasteiger partial charge in [0.1, 0.15) is 11.5 Å². The number of nitrogens with zero attached hydrogens (tertiary/aromatic N) is 1. The lowest BCUT2D eigenvalue weighted by atomic mass is 10.0. The van der Waals surface area contributed by atoms with Gasteiger partial charge in [-0.15, -0.1) is 0 Å². The Morgan fingerprint density at radius 3 is 2.62 bits per heavy atom. The third-order valence-corrected chi connectivity index (χ3v) is 5.02. The second kappa shape index (κ2) is 11.4. The standard InChI is InChI=1S/C23H30N2O4/c1-27-21-10-5-7-19(17-21)22(25-12-15-28-16-13-25)18-24-23(26)11-6-14-29-20-8-3-2-4-9-20/h2-5,7-10,17,22H,6,11-16,18H2,1H3,(H,24,26). The number of morpholine rings is 1. The van der Waals surface area contributed by atoms with Gasteiger partial charge in [0.15, 0.2) is 0 Å². The van der Waals surface area contributed by atoms with Crippen LogP contribution in [0.1, 0.15) is 24.4 Å². The van der Waals surface area contributed by atoms with Gasteiger partial charge in [0, 0.05) is 26.1 Å². The number of benzene rings is 2. The zero-order valence-corrected chi connectivity index (χ0v) is 17.0. The summed E-state index contributed by atoms with van der Waals surface area (Å²) in [4.78, 5) is 14.7. The number of para-hydroxylation sites is 1. The van der Waals surface area contributed by atoms with Crippen LogP contribution in [0.5, 0.6) is 11.5 Å². The molecule has 2 aromatic rings. The molecule has 0 spiro atoms. The van der Waals surface area contributed by atoms with Crippen LogP contribution in [0, 0.1) is 0 Å². The summed E-state index contributed by atoms with van der Waals surface area (Å²) in [6, 6.07) is 17.8. The van der Waals surface area contributed by atoms with Crippen molar-refractivity contribution in [2.24, 2.45) is 0 Å². The summed E-state index contributed by atoms with van der Waals surface area (Å²) >= 11 is 0. The highest BCUT2D eigenvalue weighted by atomic mass is 16.5. The van der Waals surface area contributed by atoms with Gasteiger partial charge in [0.05, 0.1) is 33.0 Å². The third kappa shape index (κ3) is 6.76. The molecule has 1 heterocycles. The zero-order chi connectivity index (χ0) is 20.3. The minimum Gasteiger partial charge on any atom is -0.497 e. The predicted molar refractivity (Wildman–Crippen MR) is 112 cm³/mol. The molecular formula is C23H30N2O4. The van der Waals surface area contributed by atoms with E-state index >= 15 is 0 Å². The van der Waals surface area contributed by atoms with Gasteiger partial charge in [0.25, 0.3) is 0 Å². The van der Waals surface area contributed by atoms with Gasteiger partial charge in [-0.25, -0.2) is 0 Å². The average Bonchev–Trinajstić information content (AvgIpc) is 2.78. The van der Waals surface area contributed by atoms with E-state index in [9.17, 15) is 4.79 Å². The summed E-state index contributed by atoms with van der Waals surface area (Å²) in [5, 5.41) is 3.10. The fraction of sp³-hybridized carbons (Fsp3) is 0.435. The molecule has 6 heteroatoms. The van der Waals surface area contributed by atoms with Crippen molar-refractivity contribution in [3.63, 3.8) is 0 Å². The van der Waals surface area contributed by atoms with E-state index in [1.807, 2.05) is 48.5 Å². The number of methoxy groups -OCH3 is 1. The van der Waals surface area contributed by atoms with E-state index in [1.165, 1.54) is 0 Å². The molecule has 156 valence electrons. The molecule has 0 radical (unpaired) electrons. The first-order valence-corrected chi connectivity index (χ1v) is 10.2. The molecule has 1 saturated heterocycles. The molecule has 2 aromatic carbocycles. The number of rotatable bonds is 10. The number of carbonyl (C=O) groups excluding carboxylic acids is 1. The number of carbonyl (C=O) groups is 1. The van der Waals surface area contributed by atoms with Gasteiger partial charge < -0.3 is 19.5 Å². The second-order valence-corrected chi connectivity index (χ2v) is 7.01. The molecule has 6 nitrogen and oxygen atoms in total. The molecule has 1 N–H and O–H groups in total. The Morgan fingerprint density at radius 1 is 1.10 bits per heavy atom. The maximum atomic E-state index is 12.4. The first-order valence-electron chi connectivity index (χ1n) is 10.2. The molecule has 1 atom stereocenters. The van der Waals surface area contributed by atoms with E-state index in [1.54, 1.807) is 7.11 Å². The lowest BCUT2D eigenvalue weighted by Gasteiger charge is -2.35. The van der Waals surface area contributed by atoms with Crippen LogP contribution in [0.2, 0.25) is 0 Å². The van der Waals surface area contributed by atoms with Gasteiger partial charge in [-0.05, 0) is 36.2 Å². The summed E-state index contributed by atoms with van der Waals surface area (Å²) in [5.41, 5.74) is 1.14. The minimum atomic E-state index is 0.0443. The molecule has 0 saturated carbocycles. The molecule has 1 aliphatic rings. The van der Waals surface area contributed by atoms with Crippen LogP contribution >= 0.6 is 0 Å². The molecular weight excluding hydrogens is 368 g/mol. The van der Waals surface area contributed by atoms with Crippen LogP contribution in [0.3, 0.4) is 0 Å². The molecule has 1 aliphatic heterocycles. The molecule has 0 bridgehead atoms. The van der Waals surface area contributed by atoms with Crippen molar-refractivity contribution in [1.82, 2.24) is 10.2 Å². The molecule has 1 unspecified atom stereocenters. The molecule has 1 fully saturated rings. The van der Waals surface area contributed by atoms with Crippen molar-refractivity contribution in [1.29, 1.82) is 0 Å². The lowest BCUT2D eigenvalue weighted by molar-refractivity contribution is -0.121. The van der Waals surface area contributed by atoms with Crippen LogP contribution in [0.4, 0.5) is 0 Å². The van der Waals surface area contributed by atoms with E-state index in [2.05, 4.69) is 16.3 Å². The number of nitrogens with one attached hydrogen (secondary N) is 1. The van der Waals surface area contributed by atoms with Gasteiger partial charge in [-0.1, -0.05) is 30.3 Å². The number of ether oxygens (including phenoxy) is 3. The van der Waals surface area contributed by atoms with Crippen LogP contribution in [-0.2, 0) is 9.53 Å². The topological polar surface area (TPSA) is 60.0 Å². The summed E-state index contributed by atoms with van der Waals surface area (Å²) in [5.74, 6) is 1.70. The maximum Gasteiger partial charge on any atom is 0.220 e. The molecule has 29 heavy (non-hydrogen) atoms. The largest absolute Gasteiger partial charge is 0.497 e. The van der Waals surface area contributed by atoms with Crippen LogP contribution < -0.4 is 14.8 Å². The van der Waals surface area contributed by atoms with Crippen molar-refractivity contribution < 1.29 is 19.0 Å². The smallest absolute Gasteiger partial charge is 0.220 e. The van der Waals surface area contributed by atoms with Crippen LogP contribution in [0.15, 0.2) is 54.6 Å². The van der Waals surface area contributed by atoms with Crippen molar-refractivity contribution in [3.05, 3.63) is 60.2 Å². The van der Waals surface area contributed by atoms with Crippen LogP contribution in [-0.4, -0.2) is 57.4 Å². The number of hydrogen-bond donors (Lipinski definition) is 1. The Labute approximate surface area is 172 Å².